The molecule has 0 aliphatic heterocycles. The van der Waals surface area contributed by atoms with Crippen molar-refractivity contribution >= 4 is 17.6 Å². The maximum absolute atomic E-state index is 13.3. The van der Waals surface area contributed by atoms with Crippen LogP contribution in [0.4, 0.5) is 26.3 Å². The molecule has 1 N–H and O–H groups in total. The minimum Gasteiger partial charge on any atom is -0.476 e. The Balaban J connectivity index is 2.64. The number of halogens is 7. The number of unbranched alkanes of at least 4 members (excludes halogenated alkanes) is 1. The van der Waals surface area contributed by atoms with Crippen LogP contribution in [0.3, 0.4) is 0 Å². The smallest absolute Gasteiger partial charge is 0.416 e. The highest BCUT2D eigenvalue weighted by Gasteiger charge is 2.37. The van der Waals surface area contributed by atoms with Gasteiger partial charge in [0.05, 0.1) is 17.7 Å². The number of hydrogen-bond acceptors (Lipinski definition) is 2. The van der Waals surface area contributed by atoms with E-state index in [1.165, 1.54) is 0 Å². The number of carboxylic acid groups (broad SMARTS) is 1. The van der Waals surface area contributed by atoms with Crippen molar-refractivity contribution < 1.29 is 36.2 Å². The lowest BCUT2D eigenvalue weighted by molar-refractivity contribution is -0.141. The van der Waals surface area contributed by atoms with Gasteiger partial charge in [-0.15, -0.1) is 0 Å². The average Bonchev–Trinajstić information content (AvgIpc) is 2.86. The van der Waals surface area contributed by atoms with Gasteiger partial charge in [0.15, 0.2) is 10.8 Å². The van der Waals surface area contributed by atoms with E-state index >= 15 is 0 Å². The van der Waals surface area contributed by atoms with Crippen LogP contribution in [-0.2, 0) is 25.3 Å². The number of rotatable bonds is 6. The highest BCUT2D eigenvalue weighted by atomic mass is 35.5. The van der Waals surface area contributed by atoms with Gasteiger partial charge in [-0.2, -0.15) is 26.3 Å². The number of nitrogens with zero attached hydrogens (tertiary/aromatic N) is 2. The van der Waals surface area contributed by atoms with Gasteiger partial charge in [-0.1, -0.05) is 24.9 Å². The molecule has 1 heterocycles. The van der Waals surface area contributed by atoms with Crippen LogP contribution in [0, 0.1) is 0 Å². The number of aromatic nitrogens is 2. The van der Waals surface area contributed by atoms with Gasteiger partial charge in [0.2, 0.25) is 0 Å². The van der Waals surface area contributed by atoms with Gasteiger partial charge in [-0.05, 0) is 30.2 Å². The van der Waals surface area contributed by atoms with Crippen LogP contribution in [0.25, 0.3) is 0 Å². The largest absolute Gasteiger partial charge is 0.476 e. The zero-order valence-corrected chi connectivity index (χ0v) is 15.2. The normalized spacial score (nSPS) is 12.4. The second kappa shape index (κ2) is 8.02. The lowest BCUT2D eigenvalue weighted by atomic mass is 10.0. The van der Waals surface area contributed by atoms with E-state index in [9.17, 15) is 36.2 Å². The molecule has 0 spiro atoms. The van der Waals surface area contributed by atoms with Crippen LogP contribution in [0.5, 0.6) is 0 Å². The van der Waals surface area contributed by atoms with Crippen LogP contribution in [0.1, 0.15) is 52.8 Å². The van der Waals surface area contributed by atoms with Crippen LogP contribution in [0.2, 0.25) is 5.15 Å². The quantitative estimate of drug-likeness (QED) is 0.604. The van der Waals surface area contributed by atoms with E-state index in [0.29, 0.717) is 31.0 Å². The molecule has 0 radical (unpaired) electrons. The van der Waals surface area contributed by atoms with Gasteiger partial charge in [0, 0.05) is 6.42 Å². The van der Waals surface area contributed by atoms with E-state index < -0.39 is 52.4 Å². The molecular formula is C17H15ClF6N2O2. The predicted octanol–water partition coefficient (Wildman–Crippen LogP) is 5.66. The van der Waals surface area contributed by atoms with Crippen molar-refractivity contribution in [3.8, 4) is 0 Å². The molecule has 0 aliphatic carbocycles. The zero-order chi connectivity index (χ0) is 21.3. The lowest BCUT2D eigenvalue weighted by Crippen LogP contribution is -2.18. The number of hydrogen-bond donors (Lipinski definition) is 1. The fourth-order valence-corrected chi connectivity index (χ4v) is 2.99. The number of alkyl halides is 6. The molecule has 11 heteroatoms. The molecule has 0 unspecified atom stereocenters. The standard InChI is InChI=1S/C17H15ClF6N2O2/c1-2-3-4-12-25-14(18)13(15(27)28)26(12)8-9-7-10(16(19,20)21)5-6-11(9)17(22,23)24/h5-7H,2-4,8H2,1H3,(H,27,28). The van der Waals surface area contributed by atoms with E-state index in [1.807, 2.05) is 6.92 Å². The Kier molecular flexibility index (Phi) is 6.32. The molecular weight excluding hydrogens is 414 g/mol. The van der Waals surface area contributed by atoms with Gasteiger partial charge in [0.1, 0.15) is 5.82 Å². The number of aryl methyl sites for hydroxylation is 1. The van der Waals surface area contributed by atoms with E-state index in [2.05, 4.69) is 4.98 Å². The first-order valence-corrected chi connectivity index (χ1v) is 8.49. The molecule has 2 rings (SSSR count). The second-order valence-corrected chi connectivity index (χ2v) is 6.39. The van der Waals surface area contributed by atoms with Gasteiger partial charge < -0.3 is 9.67 Å². The second-order valence-electron chi connectivity index (χ2n) is 6.03. The molecule has 0 saturated heterocycles. The van der Waals surface area contributed by atoms with Crippen molar-refractivity contribution in [2.24, 2.45) is 0 Å². The molecule has 2 aromatic rings. The van der Waals surface area contributed by atoms with Crippen molar-refractivity contribution in [3.63, 3.8) is 0 Å². The van der Waals surface area contributed by atoms with Crippen molar-refractivity contribution in [3.05, 3.63) is 51.6 Å². The van der Waals surface area contributed by atoms with Gasteiger partial charge >= 0.3 is 18.3 Å². The minimum atomic E-state index is -4.92. The Bertz CT molecular complexity index is 874. The zero-order valence-electron chi connectivity index (χ0n) is 14.5. The van der Waals surface area contributed by atoms with Crippen molar-refractivity contribution in [2.75, 3.05) is 0 Å². The molecule has 0 aliphatic rings. The molecule has 4 nitrogen and oxygen atoms in total. The Morgan fingerprint density at radius 2 is 1.82 bits per heavy atom. The third-order valence-corrected chi connectivity index (χ3v) is 4.29. The van der Waals surface area contributed by atoms with Crippen LogP contribution in [-0.4, -0.2) is 20.6 Å². The topological polar surface area (TPSA) is 55.1 Å². The van der Waals surface area contributed by atoms with Crippen molar-refractivity contribution in [1.82, 2.24) is 9.55 Å². The van der Waals surface area contributed by atoms with E-state index in [1.54, 1.807) is 0 Å². The Morgan fingerprint density at radius 1 is 1.18 bits per heavy atom. The summed E-state index contributed by atoms with van der Waals surface area (Å²) in [7, 11) is 0. The summed E-state index contributed by atoms with van der Waals surface area (Å²) in [4.78, 5) is 15.4. The molecule has 0 atom stereocenters. The van der Waals surface area contributed by atoms with E-state index in [-0.39, 0.29) is 12.2 Å². The highest BCUT2D eigenvalue weighted by Crippen LogP contribution is 2.37. The lowest BCUT2D eigenvalue weighted by Gasteiger charge is -2.18. The van der Waals surface area contributed by atoms with E-state index in [4.69, 9.17) is 11.6 Å². The summed E-state index contributed by atoms with van der Waals surface area (Å²) in [6.07, 6.45) is -8.34. The van der Waals surface area contributed by atoms with Crippen LogP contribution < -0.4 is 0 Å². The summed E-state index contributed by atoms with van der Waals surface area (Å²) in [5.41, 5.74) is -3.85. The summed E-state index contributed by atoms with van der Waals surface area (Å²) in [6.45, 7) is 1.07. The summed E-state index contributed by atoms with van der Waals surface area (Å²) >= 11 is 5.81. The number of carbonyl (C=O) groups is 1. The van der Waals surface area contributed by atoms with Gasteiger partial charge in [-0.3, -0.25) is 0 Å². The monoisotopic (exact) mass is 428 g/mol. The summed E-state index contributed by atoms with van der Waals surface area (Å²) in [5, 5.41) is 8.90. The molecule has 1 aromatic heterocycles. The first-order chi connectivity index (χ1) is 12.9. The third-order valence-electron chi connectivity index (χ3n) is 4.03. The molecule has 154 valence electrons. The molecule has 0 bridgehead atoms. The van der Waals surface area contributed by atoms with E-state index in [0.717, 1.165) is 4.57 Å². The highest BCUT2D eigenvalue weighted by molar-refractivity contribution is 6.32. The number of aromatic carboxylic acids is 1. The predicted molar refractivity (Wildman–Crippen MR) is 88.4 cm³/mol. The molecule has 0 amide bonds. The Labute approximate surface area is 160 Å². The maximum Gasteiger partial charge on any atom is 0.416 e. The first-order valence-electron chi connectivity index (χ1n) is 8.11. The Morgan fingerprint density at radius 3 is 2.32 bits per heavy atom. The summed E-state index contributed by atoms with van der Waals surface area (Å²) in [5.74, 6) is -1.45. The van der Waals surface area contributed by atoms with Gasteiger partial charge in [0.25, 0.3) is 0 Å². The number of imidazole rings is 1. The summed E-state index contributed by atoms with van der Waals surface area (Å²) < 4.78 is 79.7. The van der Waals surface area contributed by atoms with Gasteiger partial charge in [-0.25, -0.2) is 9.78 Å². The van der Waals surface area contributed by atoms with Crippen molar-refractivity contribution in [2.45, 2.75) is 45.1 Å². The molecule has 1 aromatic carbocycles. The SMILES string of the molecule is CCCCc1nc(Cl)c(C(=O)O)n1Cc1cc(C(F)(F)F)ccc1C(F)(F)F. The number of carboxylic acids is 1. The van der Waals surface area contributed by atoms with Crippen LogP contribution >= 0.6 is 11.6 Å². The van der Waals surface area contributed by atoms with Crippen molar-refractivity contribution in [1.29, 1.82) is 0 Å². The number of benzene rings is 1. The minimum absolute atomic E-state index is 0.0924. The fraction of sp³-hybridized carbons (Fsp3) is 0.412. The Hall–Kier alpha value is -2.23. The fourth-order valence-electron chi connectivity index (χ4n) is 2.71. The molecule has 0 fully saturated rings. The van der Waals surface area contributed by atoms with Crippen LogP contribution in [0.15, 0.2) is 18.2 Å². The molecule has 0 saturated carbocycles. The first kappa shape index (κ1) is 22.1. The third kappa shape index (κ3) is 4.78. The molecule has 28 heavy (non-hydrogen) atoms. The summed E-state index contributed by atoms with van der Waals surface area (Å²) in [6, 6.07) is 1.04. The average molecular weight is 429 g/mol. The maximum atomic E-state index is 13.3.